The fourth-order valence-corrected chi connectivity index (χ4v) is 2.86. The van der Waals surface area contributed by atoms with E-state index in [1.54, 1.807) is 12.3 Å². The zero-order valence-corrected chi connectivity index (χ0v) is 13.2. The fraction of sp³-hybridized carbons (Fsp3) is 0.312. The Labute approximate surface area is 139 Å². The molecule has 1 aromatic carbocycles. The van der Waals surface area contributed by atoms with Crippen molar-refractivity contribution in [3.63, 3.8) is 0 Å². The molecule has 3 rings (SSSR count). The molecule has 1 fully saturated rings. The highest BCUT2D eigenvalue weighted by Crippen LogP contribution is 2.24. The number of nitrogens with zero attached hydrogens (tertiary/aromatic N) is 3. The van der Waals surface area contributed by atoms with Crippen LogP contribution < -0.4 is 10.2 Å². The van der Waals surface area contributed by atoms with Crippen LogP contribution in [0, 0.1) is 0 Å². The summed E-state index contributed by atoms with van der Waals surface area (Å²) in [6.45, 7) is 1.59. The molecule has 2 N–H and O–H groups in total. The average molecular weight is 333 g/mol. The number of aromatic nitrogens is 2. The highest BCUT2D eigenvalue weighted by Gasteiger charge is 2.23. The summed E-state index contributed by atoms with van der Waals surface area (Å²) in [6, 6.07) is 8.24. The fourth-order valence-electron chi connectivity index (χ4n) is 2.68. The van der Waals surface area contributed by atoms with Crippen LogP contribution in [0.15, 0.2) is 36.5 Å². The Bertz CT molecular complexity index is 696. The van der Waals surface area contributed by atoms with Crippen LogP contribution in [0.4, 0.5) is 5.82 Å². The van der Waals surface area contributed by atoms with Gasteiger partial charge in [0, 0.05) is 30.9 Å². The highest BCUT2D eigenvalue weighted by molar-refractivity contribution is 6.32. The van der Waals surface area contributed by atoms with E-state index in [1.165, 1.54) is 12.1 Å². The molecule has 0 aliphatic carbocycles. The standard InChI is InChI=1S/C16H17ClN4O2/c17-13-9-11(5-6-14(13)22)16(23)19-12-3-2-8-21(10-12)15-4-1-7-18-20-15/h1,4-7,9,12,22H,2-3,8,10H2,(H,19,23). The summed E-state index contributed by atoms with van der Waals surface area (Å²) in [4.78, 5) is 14.4. The Morgan fingerprint density at radius 3 is 3.00 bits per heavy atom. The van der Waals surface area contributed by atoms with Gasteiger partial charge in [-0.15, -0.1) is 5.10 Å². The van der Waals surface area contributed by atoms with E-state index < -0.39 is 0 Å². The van der Waals surface area contributed by atoms with Gasteiger partial charge in [-0.05, 0) is 43.2 Å². The number of hydrogen-bond donors (Lipinski definition) is 2. The third-order valence-electron chi connectivity index (χ3n) is 3.85. The molecule has 0 bridgehead atoms. The van der Waals surface area contributed by atoms with Crippen molar-refractivity contribution in [2.75, 3.05) is 18.0 Å². The Morgan fingerprint density at radius 1 is 1.39 bits per heavy atom. The van der Waals surface area contributed by atoms with Gasteiger partial charge in [-0.1, -0.05) is 11.6 Å². The van der Waals surface area contributed by atoms with Crippen molar-refractivity contribution in [1.82, 2.24) is 15.5 Å². The predicted octanol–water partition coefficient (Wildman–Crippen LogP) is 2.23. The van der Waals surface area contributed by atoms with Crippen LogP contribution in [0.1, 0.15) is 23.2 Å². The predicted molar refractivity (Wildman–Crippen MR) is 87.9 cm³/mol. The highest BCUT2D eigenvalue weighted by atomic mass is 35.5. The Hall–Kier alpha value is -2.34. The second-order valence-electron chi connectivity index (χ2n) is 5.51. The quantitative estimate of drug-likeness (QED) is 0.901. The first-order valence-electron chi connectivity index (χ1n) is 7.45. The maximum absolute atomic E-state index is 12.3. The van der Waals surface area contributed by atoms with E-state index in [2.05, 4.69) is 20.4 Å². The van der Waals surface area contributed by atoms with Gasteiger partial charge in [0.2, 0.25) is 0 Å². The molecule has 1 atom stereocenters. The first-order chi connectivity index (χ1) is 11.1. The molecule has 1 saturated heterocycles. The topological polar surface area (TPSA) is 78.4 Å². The van der Waals surface area contributed by atoms with Gasteiger partial charge in [-0.25, -0.2) is 0 Å². The molecule has 23 heavy (non-hydrogen) atoms. The Kier molecular flexibility index (Phi) is 4.62. The molecule has 2 aromatic rings. The minimum absolute atomic E-state index is 0.0327. The van der Waals surface area contributed by atoms with Crippen LogP contribution in [-0.2, 0) is 0 Å². The van der Waals surface area contributed by atoms with Crippen LogP contribution in [0.5, 0.6) is 5.75 Å². The van der Waals surface area contributed by atoms with Gasteiger partial charge in [-0.3, -0.25) is 4.79 Å². The van der Waals surface area contributed by atoms with Crippen LogP contribution in [-0.4, -0.2) is 40.3 Å². The lowest BCUT2D eigenvalue weighted by molar-refractivity contribution is 0.0933. The Balaban J connectivity index is 1.65. The molecule has 1 amide bonds. The van der Waals surface area contributed by atoms with E-state index in [0.29, 0.717) is 12.1 Å². The summed E-state index contributed by atoms with van der Waals surface area (Å²) in [5.74, 6) is 0.590. The van der Waals surface area contributed by atoms with Crippen molar-refractivity contribution < 1.29 is 9.90 Å². The molecule has 1 aliphatic rings. The number of phenols is 1. The summed E-state index contributed by atoms with van der Waals surface area (Å²) in [5.41, 5.74) is 0.435. The van der Waals surface area contributed by atoms with Crippen LogP contribution in [0.3, 0.4) is 0 Å². The second-order valence-corrected chi connectivity index (χ2v) is 5.91. The largest absolute Gasteiger partial charge is 0.506 e. The van der Waals surface area contributed by atoms with E-state index in [0.717, 1.165) is 25.2 Å². The maximum atomic E-state index is 12.3. The van der Waals surface area contributed by atoms with Crippen LogP contribution in [0.2, 0.25) is 5.02 Å². The molecule has 0 saturated carbocycles. The van der Waals surface area contributed by atoms with Gasteiger partial charge in [0.25, 0.3) is 5.91 Å². The number of rotatable bonds is 3. The molecule has 1 unspecified atom stereocenters. The summed E-state index contributed by atoms with van der Waals surface area (Å²) >= 11 is 5.85. The van der Waals surface area contributed by atoms with E-state index in [1.807, 2.05) is 12.1 Å². The molecule has 1 aliphatic heterocycles. The average Bonchev–Trinajstić information content (AvgIpc) is 2.58. The van der Waals surface area contributed by atoms with Crippen molar-refractivity contribution >= 4 is 23.3 Å². The van der Waals surface area contributed by atoms with Crippen LogP contribution >= 0.6 is 11.6 Å². The SMILES string of the molecule is O=C(NC1CCCN(c2cccnn2)C1)c1ccc(O)c(Cl)c1. The first kappa shape index (κ1) is 15.6. The van der Waals surface area contributed by atoms with Gasteiger partial charge < -0.3 is 15.3 Å². The third kappa shape index (κ3) is 3.71. The summed E-state index contributed by atoms with van der Waals surface area (Å²) in [7, 11) is 0. The van der Waals surface area contributed by atoms with Crippen molar-refractivity contribution in [1.29, 1.82) is 0 Å². The molecule has 120 valence electrons. The van der Waals surface area contributed by atoms with E-state index in [-0.39, 0.29) is 22.7 Å². The molecule has 7 heteroatoms. The number of hydrogen-bond acceptors (Lipinski definition) is 5. The second kappa shape index (κ2) is 6.83. The van der Waals surface area contributed by atoms with E-state index in [9.17, 15) is 9.90 Å². The summed E-state index contributed by atoms with van der Waals surface area (Å²) in [6.07, 6.45) is 3.52. The minimum Gasteiger partial charge on any atom is -0.506 e. The normalized spacial score (nSPS) is 17.8. The van der Waals surface area contributed by atoms with E-state index >= 15 is 0 Å². The lowest BCUT2D eigenvalue weighted by Gasteiger charge is -2.33. The first-order valence-corrected chi connectivity index (χ1v) is 7.83. The number of piperidine rings is 1. The lowest BCUT2D eigenvalue weighted by atomic mass is 10.0. The zero-order chi connectivity index (χ0) is 16.2. The molecule has 0 radical (unpaired) electrons. The van der Waals surface area contributed by atoms with Gasteiger partial charge in [0.15, 0.2) is 5.82 Å². The number of benzene rings is 1. The minimum atomic E-state index is -0.196. The molecular weight excluding hydrogens is 316 g/mol. The number of carbonyl (C=O) groups is 1. The summed E-state index contributed by atoms with van der Waals surface area (Å²) in [5, 5.41) is 20.6. The maximum Gasteiger partial charge on any atom is 0.251 e. The van der Waals surface area contributed by atoms with Crippen LogP contribution in [0.25, 0.3) is 0 Å². The number of carbonyl (C=O) groups excluding carboxylic acids is 1. The monoisotopic (exact) mass is 332 g/mol. The zero-order valence-electron chi connectivity index (χ0n) is 12.4. The number of phenolic OH excluding ortho intramolecular Hbond substituents is 1. The number of halogens is 1. The Morgan fingerprint density at radius 2 is 2.26 bits per heavy atom. The third-order valence-corrected chi connectivity index (χ3v) is 4.15. The molecule has 0 spiro atoms. The van der Waals surface area contributed by atoms with Crippen molar-refractivity contribution in [2.24, 2.45) is 0 Å². The van der Waals surface area contributed by atoms with Crippen molar-refractivity contribution in [3.8, 4) is 5.75 Å². The van der Waals surface area contributed by atoms with Gasteiger partial charge in [-0.2, -0.15) is 5.10 Å². The van der Waals surface area contributed by atoms with Gasteiger partial charge in [0.1, 0.15) is 5.75 Å². The number of anilines is 1. The van der Waals surface area contributed by atoms with Crippen molar-refractivity contribution in [3.05, 3.63) is 47.1 Å². The lowest BCUT2D eigenvalue weighted by Crippen LogP contribution is -2.48. The van der Waals surface area contributed by atoms with Gasteiger partial charge >= 0.3 is 0 Å². The van der Waals surface area contributed by atoms with Gasteiger partial charge in [0.05, 0.1) is 5.02 Å². The molecule has 6 nitrogen and oxygen atoms in total. The summed E-state index contributed by atoms with van der Waals surface area (Å²) < 4.78 is 0. The molecular formula is C16H17ClN4O2. The number of nitrogens with one attached hydrogen (secondary N) is 1. The van der Waals surface area contributed by atoms with E-state index in [4.69, 9.17) is 11.6 Å². The number of aromatic hydroxyl groups is 1. The van der Waals surface area contributed by atoms with Crippen molar-refractivity contribution in [2.45, 2.75) is 18.9 Å². The smallest absolute Gasteiger partial charge is 0.251 e. The molecule has 2 heterocycles. The molecule has 1 aromatic heterocycles. The number of amides is 1.